The van der Waals surface area contributed by atoms with Crippen molar-refractivity contribution in [1.29, 1.82) is 0 Å². The third kappa shape index (κ3) is 2.63. The van der Waals surface area contributed by atoms with E-state index in [2.05, 4.69) is 17.1 Å². The van der Waals surface area contributed by atoms with Gasteiger partial charge < -0.3 is 5.32 Å². The number of hydrogen-bond donors (Lipinski definition) is 1. The molecule has 1 aromatic rings. The summed E-state index contributed by atoms with van der Waals surface area (Å²) in [6.45, 7) is 5.17. The SMILES string of the molecule is Cc1cc(NC2CC(C)N(C3CC3)C2)ccc1[N+](=O)[O-]. The molecule has 108 valence electrons. The highest BCUT2D eigenvalue weighted by Gasteiger charge is 2.38. The highest BCUT2D eigenvalue weighted by atomic mass is 16.6. The second-order valence-corrected chi connectivity index (χ2v) is 6.11. The Labute approximate surface area is 119 Å². The molecule has 0 amide bonds. The summed E-state index contributed by atoms with van der Waals surface area (Å²) in [4.78, 5) is 13.1. The van der Waals surface area contributed by atoms with Gasteiger partial charge >= 0.3 is 0 Å². The van der Waals surface area contributed by atoms with Crippen molar-refractivity contribution in [2.24, 2.45) is 0 Å². The molecule has 2 atom stereocenters. The van der Waals surface area contributed by atoms with E-state index in [1.165, 1.54) is 12.8 Å². The zero-order chi connectivity index (χ0) is 14.3. The van der Waals surface area contributed by atoms with Crippen molar-refractivity contribution >= 4 is 11.4 Å². The second kappa shape index (κ2) is 5.05. The average Bonchev–Trinajstić information content (AvgIpc) is 3.14. The van der Waals surface area contributed by atoms with Crippen LogP contribution in [-0.2, 0) is 0 Å². The molecule has 0 radical (unpaired) electrons. The molecule has 2 aliphatic rings. The third-order valence-corrected chi connectivity index (χ3v) is 4.40. The minimum absolute atomic E-state index is 0.190. The van der Waals surface area contributed by atoms with E-state index in [9.17, 15) is 10.1 Å². The molecule has 20 heavy (non-hydrogen) atoms. The molecule has 3 rings (SSSR count). The first-order valence-electron chi connectivity index (χ1n) is 7.32. The molecule has 5 nitrogen and oxygen atoms in total. The van der Waals surface area contributed by atoms with Gasteiger partial charge in [-0.15, -0.1) is 0 Å². The Morgan fingerprint density at radius 2 is 2.15 bits per heavy atom. The van der Waals surface area contributed by atoms with Crippen LogP contribution in [0, 0.1) is 17.0 Å². The number of nitrogens with one attached hydrogen (secondary N) is 1. The number of anilines is 1. The monoisotopic (exact) mass is 275 g/mol. The summed E-state index contributed by atoms with van der Waals surface area (Å²) in [5, 5.41) is 14.4. The fraction of sp³-hybridized carbons (Fsp3) is 0.600. The lowest BCUT2D eigenvalue weighted by Crippen LogP contribution is -2.31. The van der Waals surface area contributed by atoms with E-state index in [1.807, 2.05) is 12.1 Å². The maximum atomic E-state index is 10.8. The van der Waals surface area contributed by atoms with Gasteiger partial charge in [0.25, 0.3) is 5.69 Å². The van der Waals surface area contributed by atoms with Gasteiger partial charge in [0.15, 0.2) is 0 Å². The fourth-order valence-electron chi connectivity index (χ4n) is 3.26. The van der Waals surface area contributed by atoms with Gasteiger partial charge in [0, 0.05) is 42.0 Å². The van der Waals surface area contributed by atoms with Crippen LogP contribution in [0.15, 0.2) is 18.2 Å². The molecule has 2 fully saturated rings. The van der Waals surface area contributed by atoms with Crippen LogP contribution in [0.2, 0.25) is 0 Å². The minimum atomic E-state index is -0.328. The van der Waals surface area contributed by atoms with Crippen LogP contribution in [0.1, 0.15) is 31.7 Å². The van der Waals surface area contributed by atoms with Gasteiger partial charge in [0.2, 0.25) is 0 Å². The highest BCUT2D eigenvalue weighted by Crippen LogP contribution is 2.34. The van der Waals surface area contributed by atoms with Crippen molar-refractivity contribution in [3.8, 4) is 0 Å². The lowest BCUT2D eigenvalue weighted by atomic mass is 10.1. The van der Waals surface area contributed by atoms with Gasteiger partial charge in [0.05, 0.1) is 4.92 Å². The maximum Gasteiger partial charge on any atom is 0.272 e. The Kier molecular flexibility index (Phi) is 3.38. The molecule has 0 bridgehead atoms. The number of benzene rings is 1. The van der Waals surface area contributed by atoms with Gasteiger partial charge in [-0.2, -0.15) is 0 Å². The summed E-state index contributed by atoms with van der Waals surface area (Å²) in [6, 6.07) is 7.17. The predicted molar refractivity (Wildman–Crippen MR) is 79.1 cm³/mol. The van der Waals surface area contributed by atoms with Gasteiger partial charge in [-0.05, 0) is 45.2 Å². The van der Waals surface area contributed by atoms with E-state index >= 15 is 0 Å². The van der Waals surface area contributed by atoms with Crippen LogP contribution < -0.4 is 5.32 Å². The second-order valence-electron chi connectivity index (χ2n) is 6.11. The topological polar surface area (TPSA) is 58.4 Å². The number of nitro groups is 1. The summed E-state index contributed by atoms with van der Waals surface area (Å²) >= 11 is 0. The van der Waals surface area contributed by atoms with E-state index in [4.69, 9.17) is 0 Å². The van der Waals surface area contributed by atoms with Crippen molar-refractivity contribution < 1.29 is 4.92 Å². The molecule has 5 heteroatoms. The number of rotatable bonds is 4. The lowest BCUT2D eigenvalue weighted by molar-refractivity contribution is -0.385. The molecule has 1 aromatic carbocycles. The largest absolute Gasteiger partial charge is 0.381 e. The number of nitro benzene ring substituents is 1. The Balaban J connectivity index is 1.66. The van der Waals surface area contributed by atoms with Crippen LogP contribution in [0.4, 0.5) is 11.4 Å². The van der Waals surface area contributed by atoms with Crippen molar-refractivity contribution in [2.45, 2.75) is 51.2 Å². The molecular formula is C15H21N3O2. The minimum Gasteiger partial charge on any atom is -0.381 e. The molecule has 1 N–H and O–H groups in total. The molecule has 1 saturated heterocycles. The predicted octanol–water partition coefficient (Wildman–Crippen LogP) is 2.94. The Morgan fingerprint density at radius 3 is 2.75 bits per heavy atom. The van der Waals surface area contributed by atoms with Crippen LogP contribution in [-0.4, -0.2) is 34.5 Å². The number of hydrogen-bond acceptors (Lipinski definition) is 4. The molecule has 0 spiro atoms. The van der Waals surface area contributed by atoms with Crippen molar-refractivity contribution in [2.75, 3.05) is 11.9 Å². The van der Waals surface area contributed by atoms with Crippen molar-refractivity contribution in [3.63, 3.8) is 0 Å². The van der Waals surface area contributed by atoms with Crippen LogP contribution in [0.3, 0.4) is 0 Å². The van der Waals surface area contributed by atoms with E-state index in [0.717, 1.165) is 24.7 Å². The summed E-state index contributed by atoms with van der Waals surface area (Å²) < 4.78 is 0. The van der Waals surface area contributed by atoms with Gasteiger partial charge in [-0.25, -0.2) is 0 Å². The van der Waals surface area contributed by atoms with E-state index in [0.29, 0.717) is 17.6 Å². The van der Waals surface area contributed by atoms with Crippen LogP contribution in [0.25, 0.3) is 0 Å². The first-order chi connectivity index (χ1) is 9.54. The molecule has 1 saturated carbocycles. The van der Waals surface area contributed by atoms with Crippen molar-refractivity contribution in [3.05, 3.63) is 33.9 Å². The molecule has 1 aliphatic carbocycles. The first-order valence-corrected chi connectivity index (χ1v) is 7.32. The molecule has 2 unspecified atom stereocenters. The average molecular weight is 275 g/mol. The van der Waals surface area contributed by atoms with E-state index in [-0.39, 0.29) is 10.6 Å². The summed E-state index contributed by atoms with van der Waals surface area (Å²) in [6.07, 6.45) is 3.83. The summed E-state index contributed by atoms with van der Waals surface area (Å²) in [5.74, 6) is 0. The Bertz CT molecular complexity index is 528. The summed E-state index contributed by atoms with van der Waals surface area (Å²) in [5.41, 5.74) is 1.89. The zero-order valence-electron chi connectivity index (χ0n) is 12.0. The first kappa shape index (κ1) is 13.4. The van der Waals surface area contributed by atoms with Crippen LogP contribution >= 0.6 is 0 Å². The normalized spacial score (nSPS) is 26.7. The number of aryl methyl sites for hydroxylation is 1. The molecular weight excluding hydrogens is 254 g/mol. The molecule has 1 aliphatic heterocycles. The standard InChI is InChI=1S/C15H21N3O2/c1-10-7-12(3-6-15(10)18(19)20)16-13-8-11(2)17(9-13)14-4-5-14/h3,6-7,11,13-14,16H,4-5,8-9H2,1-2H3. The number of nitrogens with zero attached hydrogens (tertiary/aromatic N) is 2. The van der Waals surface area contributed by atoms with E-state index in [1.54, 1.807) is 13.0 Å². The lowest BCUT2D eigenvalue weighted by Gasteiger charge is -2.20. The highest BCUT2D eigenvalue weighted by molar-refractivity contribution is 5.54. The maximum absolute atomic E-state index is 10.8. The van der Waals surface area contributed by atoms with Gasteiger partial charge in [0.1, 0.15) is 0 Å². The van der Waals surface area contributed by atoms with Gasteiger partial charge in [-0.1, -0.05) is 0 Å². The summed E-state index contributed by atoms with van der Waals surface area (Å²) in [7, 11) is 0. The smallest absolute Gasteiger partial charge is 0.272 e. The molecule has 0 aromatic heterocycles. The zero-order valence-corrected chi connectivity index (χ0v) is 12.0. The van der Waals surface area contributed by atoms with Crippen LogP contribution in [0.5, 0.6) is 0 Å². The quantitative estimate of drug-likeness (QED) is 0.678. The fourth-order valence-corrected chi connectivity index (χ4v) is 3.26. The van der Waals surface area contributed by atoms with E-state index < -0.39 is 0 Å². The third-order valence-electron chi connectivity index (χ3n) is 4.40. The van der Waals surface area contributed by atoms with Crippen molar-refractivity contribution in [1.82, 2.24) is 4.90 Å². The Morgan fingerprint density at radius 1 is 1.40 bits per heavy atom. The molecule has 1 heterocycles. The number of likely N-dealkylation sites (tertiary alicyclic amines) is 1. The Hall–Kier alpha value is -1.62. The van der Waals surface area contributed by atoms with Gasteiger partial charge in [-0.3, -0.25) is 15.0 Å².